The summed E-state index contributed by atoms with van der Waals surface area (Å²) in [6.45, 7) is 0. The standard InChI is InChI=1S/C71H43N/c1-2-20-51(21-3-1)72-66-32-15-12-25-55(66)62-42-49(36-38-67(62)72)69-58-28-8-6-26-56(58)68(57-27-7-9-29-59(57)69)48-19-16-18-45(39-48)46-33-34-47-41-61-60-37-35-44-17-4-5-22-52(44)70(60)71(65(61)43-50(47)40-46)63-30-13-10-23-53(63)54-24-11-14-31-64(54)71/h1-43H. The second-order valence-electron chi connectivity index (χ2n) is 19.9. The van der Waals surface area contributed by atoms with Crippen molar-refractivity contribution in [1.29, 1.82) is 0 Å². The zero-order chi connectivity index (χ0) is 47.1. The van der Waals surface area contributed by atoms with Crippen LogP contribution in [-0.2, 0) is 5.41 Å². The third-order valence-electron chi connectivity index (χ3n) is 16.3. The van der Waals surface area contributed by atoms with Gasteiger partial charge in [-0.25, -0.2) is 0 Å². The lowest BCUT2D eigenvalue weighted by Gasteiger charge is -2.31. The van der Waals surface area contributed by atoms with Crippen molar-refractivity contribution >= 4 is 64.9 Å². The fourth-order valence-corrected chi connectivity index (χ4v) is 13.4. The summed E-state index contributed by atoms with van der Waals surface area (Å²) >= 11 is 0. The predicted molar refractivity (Wildman–Crippen MR) is 303 cm³/mol. The SMILES string of the molecule is c1ccc(-n2c3ccccc3c3cc(-c4c5ccccc5c(-c5cccc(-c6ccc7cc8c(cc7c6)C6(c7ccccc7-c7ccccc76)c6c-8ccc7ccccc67)c5)c5ccccc45)ccc32)cc1. The number of benzene rings is 13. The van der Waals surface area contributed by atoms with Gasteiger partial charge in [0.1, 0.15) is 0 Å². The van der Waals surface area contributed by atoms with Crippen LogP contribution in [0, 0.1) is 0 Å². The van der Waals surface area contributed by atoms with E-state index in [0.29, 0.717) is 0 Å². The van der Waals surface area contributed by atoms with Gasteiger partial charge in [0.25, 0.3) is 0 Å². The van der Waals surface area contributed by atoms with Gasteiger partial charge in [-0.15, -0.1) is 0 Å². The Kier molecular flexibility index (Phi) is 8.16. The molecule has 1 aromatic heterocycles. The molecule has 1 heteroatoms. The second-order valence-corrected chi connectivity index (χ2v) is 19.9. The fourth-order valence-electron chi connectivity index (χ4n) is 13.4. The van der Waals surface area contributed by atoms with E-state index in [2.05, 4.69) is 265 Å². The smallest absolute Gasteiger partial charge is 0.0731 e. The van der Waals surface area contributed by atoms with Gasteiger partial charge in [0.15, 0.2) is 0 Å². The summed E-state index contributed by atoms with van der Waals surface area (Å²) in [7, 11) is 0. The summed E-state index contributed by atoms with van der Waals surface area (Å²) in [5, 5.41) is 12.6. The molecule has 1 spiro atoms. The molecule has 13 aromatic carbocycles. The van der Waals surface area contributed by atoms with E-state index in [1.807, 2.05) is 0 Å². The minimum absolute atomic E-state index is 0.441. The topological polar surface area (TPSA) is 4.93 Å². The molecule has 0 atom stereocenters. The van der Waals surface area contributed by atoms with Gasteiger partial charge >= 0.3 is 0 Å². The lowest BCUT2D eigenvalue weighted by atomic mass is 9.69. The van der Waals surface area contributed by atoms with E-state index in [9.17, 15) is 0 Å². The summed E-state index contributed by atoms with van der Waals surface area (Å²) in [6.07, 6.45) is 0. The molecule has 0 N–H and O–H groups in total. The molecule has 16 rings (SSSR count). The van der Waals surface area contributed by atoms with Crippen molar-refractivity contribution in [3.8, 4) is 61.3 Å². The summed E-state index contributed by atoms with van der Waals surface area (Å²) in [4.78, 5) is 0. The van der Waals surface area contributed by atoms with Crippen molar-refractivity contribution in [2.45, 2.75) is 5.41 Å². The Morgan fingerprint density at radius 3 is 1.51 bits per heavy atom. The quantitative estimate of drug-likeness (QED) is 0.155. The molecule has 0 bridgehead atoms. The van der Waals surface area contributed by atoms with Crippen LogP contribution in [0.3, 0.4) is 0 Å². The van der Waals surface area contributed by atoms with Gasteiger partial charge in [0.2, 0.25) is 0 Å². The van der Waals surface area contributed by atoms with Crippen LogP contribution in [0.1, 0.15) is 22.3 Å². The van der Waals surface area contributed by atoms with E-state index in [0.717, 1.165) is 0 Å². The van der Waals surface area contributed by atoms with Crippen LogP contribution in [0.2, 0.25) is 0 Å². The van der Waals surface area contributed by atoms with Gasteiger partial charge in [0, 0.05) is 16.5 Å². The molecule has 0 saturated carbocycles. The van der Waals surface area contributed by atoms with E-state index >= 15 is 0 Å². The van der Waals surface area contributed by atoms with Gasteiger partial charge < -0.3 is 4.57 Å². The molecule has 0 radical (unpaired) electrons. The van der Waals surface area contributed by atoms with Crippen molar-refractivity contribution < 1.29 is 0 Å². The van der Waals surface area contributed by atoms with E-state index in [1.54, 1.807) is 0 Å². The van der Waals surface area contributed by atoms with Gasteiger partial charge in [-0.3, -0.25) is 0 Å². The normalized spacial score (nSPS) is 13.1. The molecule has 2 aliphatic carbocycles. The van der Waals surface area contributed by atoms with Crippen LogP contribution in [0.25, 0.3) is 126 Å². The zero-order valence-electron chi connectivity index (χ0n) is 39.3. The highest BCUT2D eigenvalue weighted by Gasteiger charge is 2.52. The van der Waals surface area contributed by atoms with Crippen LogP contribution in [0.4, 0.5) is 0 Å². The molecule has 1 heterocycles. The number of para-hydroxylation sites is 2. The Morgan fingerprint density at radius 2 is 0.792 bits per heavy atom. The van der Waals surface area contributed by atoms with Crippen LogP contribution >= 0.6 is 0 Å². The van der Waals surface area contributed by atoms with Crippen LogP contribution in [0.5, 0.6) is 0 Å². The van der Waals surface area contributed by atoms with Gasteiger partial charge in [-0.1, -0.05) is 206 Å². The molecule has 2 aliphatic rings. The number of fused-ring (bicyclic) bond motifs is 18. The summed E-state index contributed by atoms with van der Waals surface area (Å²) in [5.41, 5.74) is 21.3. The first-order chi connectivity index (χ1) is 35.7. The number of hydrogen-bond acceptors (Lipinski definition) is 0. The monoisotopic (exact) mass is 909 g/mol. The number of rotatable bonds is 4. The Hall–Kier alpha value is -9.30. The van der Waals surface area contributed by atoms with E-state index in [1.165, 1.54) is 148 Å². The van der Waals surface area contributed by atoms with Crippen molar-refractivity contribution in [2.24, 2.45) is 0 Å². The molecule has 72 heavy (non-hydrogen) atoms. The minimum Gasteiger partial charge on any atom is -0.309 e. The summed E-state index contributed by atoms with van der Waals surface area (Å²) in [6, 6.07) is 97.9. The average Bonchev–Trinajstić information content (AvgIpc) is 4.05. The minimum atomic E-state index is -0.441. The van der Waals surface area contributed by atoms with Crippen LogP contribution < -0.4 is 0 Å². The van der Waals surface area contributed by atoms with E-state index < -0.39 is 5.41 Å². The van der Waals surface area contributed by atoms with Crippen LogP contribution in [0.15, 0.2) is 261 Å². The molecule has 0 aliphatic heterocycles. The Morgan fingerprint density at radius 1 is 0.250 bits per heavy atom. The highest BCUT2D eigenvalue weighted by Crippen LogP contribution is 2.64. The highest BCUT2D eigenvalue weighted by molar-refractivity contribution is 6.22. The van der Waals surface area contributed by atoms with Crippen LogP contribution in [-0.4, -0.2) is 4.57 Å². The van der Waals surface area contributed by atoms with E-state index in [4.69, 9.17) is 0 Å². The molecule has 0 fully saturated rings. The molecular formula is C71H43N. The van der Waals surface area contributed by atoms with Crippen molar-refractivity contribution in [3.63, 3.8) is 0 Å². The lowest BCUT2D eigenvalue weighted by Crippen LogP contribution is -2.26. The first-order valence-corrected chi connectivity index (χ1v) is 25.2. The highest BCUT2D eigenvalue weighted by atomic mass is 15.0. The largest absolute Gasteiger partial charge is 0.309 e. The molecule has 0 saturated heterocycles. The Bertz CT molecular complexity index is 4520. The third-order valence-corrected chi connectivity index (χ3v) is 16.3. The van der Waals surface area contributed by atoms with Crippen molar-refractivity contribution in [3.05, 3.63) is 283 Å². The molecule has 332 valence electrons. The number of nitrogens with zero attached hydrogens (tertiary/aromatic N) is 1. The fraction of sp³-hybridized carbons (Fsp3) is 0.0141. The number of hydrogen-bond donors (Lipinski definition) is 0. The molecule has 14 aromatic rings. The Balaban J connectivity index is 0.869. The van der Waals surface area contributed by atoms with Crippen molar-refractivity contribution in [2.75, 3.05) is 0 Å². The maximum atomic E-state index is 2.53. The van der Waals surface area contributed by atoms with Gasteiger partial charge in [0.05, 0.1) is 16.4 Å². The third kappa shape index (κ3) is 5.32. The number of aromatic nitrogens is 1. The summed E-state index contributed by atoms with van der Waals surface area (Å²) in [5.74, 6) is 0. The Labute approximate surface area is 417 Å². The maximum absolute atomic E-state index is 2.53. The average molecular weight is 910 g/mol. The second kappa shape index (κ2) is 14.9. The maximum Gasteiger partial charge on any atom is 0.0731 e. The van der Waals surface area contributed by atoms with Gasteiger partial charge in [-0.05, 0) is 176 Å². The van der Waals surface area contributed by atoms with Gasteiger partial charge in [-0.2, -0.15) is 0 Å². The lowest BCUT2D eigenvalue weighted by molar-refractivity contribution is 0.802. The first kappa shape index (κ1) is 39.5. The molecule has 0 amide bonds. The zero-order valence-corrected chi connectivity index (χ0v) is 39.3. The molecule has 0 unspecified atom stereocenters. The first-order valence-electron chi connectivity index (χ1n) is 25.2. The molecule has 1 nitrogen and oxygen atoms in total. The predicted octanol–water partition coefficient (Wildman–Crippen LogP) is 18.7. The summed E-state index contributed by atoms with van der Waals surface area (Å²) < 4.78 is 2.40. The molecular weight excluding hydrogens is 867 g/mol. The van der Waals surface area contributed by atoms with Crippen molar-refractivity contribution in [1.82, 2.24) is 4.57 Å². The van der Waals surface area contributed by atoms with E-state index in [-0.39, 0.29) is 0 Å².